The predicted molar refractivity (Wildman–Crippen MR) is 158 cm³/mol. The molecule has 1 unspecified atom stereocenters. The molecular formula is C33H37N3O6. The second-order valence-corrected chi connectivity index (χ2v) is 11.1. The normalized spacial score (nSPS) is 16.6. The monoisotopic (exact) mass is 571 g/mol. The average molecular weight is 572 g/mol. The van der Waals surface area contributed by atoms with Crippen LogP contribution in [0.1, 0.15) is 41.9 Å². The van der Waals surface area contributed by atoms with Gasteiger partial charge in [-0.25, -0.2) is 9.59 Å². The van der Waals surface area contributed by atoms with Gasteiger partial charge in [0.05, 0.1) is 12.1 Å². The first kappa shape index (κ1) is 29.3. The van der Waals surface area contributed by atoms with Crippen LogP contribution in [0.4, 0.5) is 4.79 Å². The molecule has 1 atom stereocenters. The summed E-state index contributed by atoms with van der Waals surface area (Å²) in [5.41, 5.74) is 4.84. The first-order valence-electron chi connectivity index (χ1n) is 14.3. The summed E-state index contributed by atoms with van der Waals surface area (Å²) in [5.74, 6) is -1.73. The smallest absolute Gasteiger partial charge is 0.407 e. The second-order valence-electron chi connectivity index (χ2n) is 11.1. The molecular weight excluding hydrogens is 534 g/mol. The summed E-state index contributed by atoms with van der Waals surface area (Å²) in [7, 11) is 1.38. The Morgan fingerprint density at radius 3 is 2.12 bits per heavy atom. The molecule has 3 aromatic carbocycles. The first-order chi connectivity index (χ1) is 20.4. The fourth-order valence-electron chi connectivity index (χ4n) is 6.07. The molecule has 1 aliphatic heterocycles. The largest absolute Gasteiger partial charge is 0.480 e. The van der Waals surface area contributed by atoms with Crippen molar-refractivity contribution in [1.29, 1.82) is 0 Å². The molecule has 9 heteroatoms. The van der Waals surface area contributed by atoms with Crippen LogP contribution in [-0.2, 0) is 25.6 Å². The summed E-state index contributed by atoms with van der Waals surface area (Å²) >= 11 is 0. The molecule has 0 aromatic heterocycles. The fraction of sp³-hybridized carbons (Fsp3) is 0.364. The van der Waals surface area contributed by atoms with Gasteiger partial charge < -0.3 is 25.2 Å². The topological polar surface area (TPSA) is 117 Å². The number of aliphatic carboxylic acids is 1. The van der Waals surface area contributed by atoms with Crippen molar-refractivity contribution in [2.24, 2.45) is 0 Å². The van der Waals surface area contributed by atoms with Gasteiger partial charge in [-0.1, -0.05) is 78.9 Å². The van der Waals surface area contributed by atoms with Crippen molar-refractivity contribution in [3.05, 3.63) is 95.6 Å². The molecule has 1 fully saturated rings. The number of methoxy groups -OCH3 is 1. The number of fused-ring (bicyclic) bond motifs is 3. The van der Waals surface area contributed by atoms with Crippen LogP contribution in [0.3, 0.4) is 0 Å². The number of piperidine rings is 1. The number of rotatable bonds is 11. The number of carbonyl (C=O) groups excluding carboxylic acids is 2. The average Bonchev–Trinajstić information content (AvgIpc) is 3.31. The maximum Gasteiger partial charge on any atom is 0.407 e. The Labute approximate surface area is 245 Å². The van der Waals surface area contributed by atoms with E-state index in [9.17, 15) is 19.5 Å². The van der Waals surface area contributed by atoms with E-state index >= 15 is 0 Å². The lowest BCUT2D eigenvalue weighted by molar-refractivity contribution is -0.143. The summed E-state index contributed by atoms with van der Waals surface area (Å²) < 4.78 is 10.8. The van der Waals surface area contributed by atoms with E-state index in [0.29, 0.717) is 25.9 Å². The third-order valence-electron chi connectivity index (χ3n) is 8.24. The molecule has 2 amide bonds. The number of amides is 2. The third-order valence-corrected chi connectivity index (χ3v) is 8.24. The fourth-order valence-corrected chi connectivity index (χ4v) is 6.07. The minimum absolute atomic E-state index is 0.0656. The molecule has 3 N–H and O–H groups in total. The number of alkyl carbamates (subject to hydrolysis) is 1. The van der Waals surface area contributed by atoms with Gasteiger partial charge in [0.15, 0.2) is 6.04 Å². The van der Waals surface area contributed by atoms with Gasteiger partial charge in [0.2, 0.25) is 5.91 Å². The van der Waals surface area contributed by atoms with Gasteiger partial charge in [-0.2, -0.15) is 0 Å². The molecule has 9 nitrogen and oxygen atoms in total. The van der Waals surface area contributed by atoms with Crippen molar-refractivity contribution in [3.63, 3.8) is 0 Å². The summed E-state index contributed by atoms with van der Waals surface area (Å²) in [4.78, 5) is 40.2. The molecule has 220 valence electrons. The van der Waals surface area contributed by atoms with Crippen molar-refractivity contribution < 1.29 is 29.0 Å². The summed E-state index contributed by atoms with van der Waals surface area (Å²) in [6.07, 6.45) is 0.371. The lowest BCUT2D eigenvalue weighted by Crippen LogP contribution is -2.58. The molecule has 1 saturated heterocycles. The highest BCUT2D eigenvalue weighted by Crippen LogP contribution is 2.44. The molecule has 0 spiro atoms. The minimum Gasteiger partial charge on any atom is -0.480 e. The number of benzene rings is 3. The van der Waals surface area contributed by atoms with E-state index in [2.05, 4.69) is 51.9 Å². The maximum absolute atomic E-state index is 13.3. The lowest BCUT2D eigenvalue weighted by Gasteiger charge is -2.42. The Morgan fingerprint density at radius 1 is 0.929 bits per heavy atom. The molecule has 3 aromatic rings. The van der Waals surface area contributed by atoms with Crippen molar-refractivity contribution in [2.45, 2.75) is 43.3 Å². The van der Waals surface area contributed by atoms with Crippen molar-refractivity contribution >= 4 is 18.0 Å². The van der Waals surface area contributed by atoms with Crippen LogP contribution in [-0.4, -0.2) is 73.0 Å². The van der Waals surface area contributed by atoms with Gasteiger partial charge in [-0.15, -0.1) is 0 Å². The number of nitrogens with zero attached hydrogens (tertiary/aromatic N) is 1. The van der Waals surface area contributed by atoms with Gasteiger partial charge in [0.25, 0.3) is 0 Å². The van der Waals surface area contributed by atoms with Gasteiger partial charge in [-0.05, 0) is 40.7 Å². The van der Waals surface area contributed by atoms with Gasteiger partial charge in [0.1, 0.15) is 6.61 Å². The Kier molecular flexibility index (Phi) is 9.19. The van der Waals surface area contributed by atoms with Crippen molar-refractivity contribution in [3.8, 4) is 11.1 Å². The van der Waals surface area contributed by atoms with Crippen LogP contribution in [0, 0.1) is 0 Å². The highest BCUT2D eigenvalue weighted by Gasteiger charge is 2.39. The van der Waals surface area contributed by atoms with Gasteiger partial charge in [0, 0.05) is 39.1 Å². The molecule has 0 bridgehead atoms. The number of hydrogen-bond acceptors (Lipinski definition) is 6. The van der Waals surface area contributed by atoms with E-state index in [1.165, 1.54) is 12.7 Å². The van der Waals surface area contributed by atoms with E-state index < -0.39 is 29.6 Å². The number of likely N-dealkylation sites (tertiary alicyclic amines) is 1. The zero-order valence-corrected chi connectivity index (χ0v) is 23.8. The molecule has 42 heavy (non-hydrogen) atoms. The van der Waals surface area contributed by atoms with Crippen LogP contribution in [0.5, 0.6) is 0 Å². The predicted octanol–water partition coefficient (Wildman–Crippen LogP) is 4.17. The van der Waals surface area contributed by atoms with E-state index in [1.54, 1.807) is 0 Å². The lowest BCUT2D eigenvalue weighted by atomic mass is 9.83. The summed E-state index contributed by atoms with van der Waals surface area (Å²) in [5, 5.41) is 15.0. The van der Waals surface area contributed by atoms with E-state index in [0.717, 1.165) is 28.8 Å². The number of carbonyl (C=O) groups is 3. The van der Waals surface area contributed by atoms with Crippen LogP contribution in [0.2, 0.25) is 0 Å². The molecule has 5 rings (SSSR count). The highest BCUT2D eigenvalue weighted by molar-refractivity contribution is 5.85. The minimum atomic E-state index is -1.18. The molecule has 2 aliphatic rings. The molecule has 0 saturated carbocycles. The summed E-state index contributed by atoms with van der Waals surface area (Å²) in [6, 6.07) is 25.3. The number of carboxylic acids is 1. The van der Waals surface area contributed by atoms with E-state index in [-0.39, 0.29) is 25.6 Å². The molecule has 1 aliphatic carbocycles. The number of nitrogens with one attached hydrogen (secondary N) is 2. The van der Waals surface area contributed by atoms with Crippen LogP contribution >= 0.6 is 0 Å². The van der Waals surface area contributed by atoms with Crippen LogP contribution in [0.15, 0.2) is 78.9 Å². The SMILES string of the molecule is COCC(NC(=O)CC1(NC(=O)OCC2c3ccccc3-c3ccccc32)CCN(Cc2ccccc2)CC1)C(=O)O. The Balaban J connectivity index is 1.27. The van der Waals surface area contributed by atoms with E-state index in [4.69, 9.17) is 9.47 Å². The standard InChI is InChI=1S/C33H37N3O6/c1-41-22-29(31(38)39)34-30(37)19-33(15-17-36(18-16-33)20-23-9-3-2-4-10-23)35-32(40)42-21-28-26-13-7-5-11-24(26)25-12-6-8-14-27(25)28/h2-14,28-29H,15-22H2,1H3,(H,34,37)(H,35,40)(H,38,39). The van der Waals surface area contributed by atoms with E-state index in [1.807, 2.05) is 42.5 Å². The third kappa shape index (κ3) is 6.80. The number of hydrogen-bond donors (Lipinski definition) is 3. The summed E-state index contributed by atoms with van der Waals surface area (Å²) in [6.45, 7) is 2.09. The quantitative estimate of drug-likeness (QED) is 0.316. The van der Waals surface area contributed by atoms with Gasteiger partial charge >= 0.3 is 12.1 Å². The zero-order chi connectivity index (χ0) is 29.5. The zero-order valence-electron chi connectivity index (χ0n) is 23.8. The van der Waals surface area contributed by atoms with Crippen molar-refractivity contribution in [1.82, 2.24) is 15.5 Å². The Hall–Kier alpha value is -4.21. The first-order valence-corrected chi connectivity index (χ1v) is 14.3. The van der Waals surface area contributed by atoms with Crippen LogP contribution in [0.25, 0.3) is 11.1 Å². The molecule has 0 radical (unpaired) electrons. The number of carboxylic acid groups (broad SMARTS) is 1. The van der Waals surface area contributed by atoms with Crippen molar-refractivity contribution in [2.75, 3.05) is 33.4 Å². The van der Waals surface area contributed by atoms with Crippen LogP contribution < -0.4 is 10.6 Å². The maximum atomic E-state index is 13.3. The Morgan fingerprint density at radius 2 is 1.52 bits per heavy atom. The second kappa shape index (κ2) is 13.2. The highest BCUT2D eigenvalue weighted by atomic mass is 16.5. The van der Waals surface area contributed by atoms with Gasteiger partial charge in [-0.3, -0.25) is 9.69 Å². The number of ether oxygens (including phenoxy) is 2. The molecule has 1 heterocycles. The Bertz CT molecular complexity index is 1360.